The molecule has 0 bridgehead atoms. The molecule has 1 saturated heterocycles. The number of morpholine rings is 1. The van der Waals surface area contributed by atoms with Gasteiger partial charge in [-0.2, -0.15) is 11.3 Å². The summed E-state index contributed by atoms with van der Waals surface area (Å²) in [4.78, 5) is 4.93. The Morgan fingerprint density at radius 2 is 1.63 bits per heavy atom. The number of thiophene rings is 1. The van der Waals surface area contributed by atoms with Crippen molar-refractivity contribution in [3.8, 4) is 0 Å². The minimum atomic E-state index is 0.849. The molecule has 27 heavy (non-hydrogen) atoms. The zero-order chi connectivity index (χ0) is 18.3. The first-order valence-corrected chi connectivity index (χ1v) is 10.5. The predicted octanol–water partition coefficient (Wildman–Crippen LogP) is 4.79. The van der Waals surface area contributed by atoms with E-state index in [1.807, 2.05) is 0 Å². The molecule has 3 nitrogen and oxygen atoms in total. The van der Waals surface area contributed by atoms with Gasteiger partial charge in [0, 0.05) is 38.4 Å². The molecular formula is C23H26N2OS. The lowest BCUT2D eigenvalue weighted by Crippen LogP contribution is -2.35. The zero-order valence-electron chi connectivity index (χ0n) is 15.6. The number of hydrogen-bond acceptors (Lipinski definition) is 4. The molecule has 1 aliphatic heterocycles. The second-order valence-electron chi connectivity index (χ2n) is 7.03. The first-order chi connectivity index (χ1) is 13.4. The third-order valence-corrected chi connectivity index (χ3v) is 5.68. The Bertz CT molecular complexity index is 813. The van der Waals surface area contributed by atoms with Crippen LogP contribution in [0.5, 0.6) is 0 Å². The number of hydrogen-bond donors (Lipinski definition) is 0. The number of ether oxygens (including phenoxy) is 1. The molecule has 0 aliphatic carbocycles. The fourth-order valence-corrected chi connectivity index (χ4v) is 4.20. The summed E-state index contributed by atoms with van der Waals surface area (Å²) in [6.07, 6.45) is 0. The van der Waals surface area contributed by atoms with Gasteiger partial charge in [0.1, 0.15) is 0 Å². The first kappa shape index (κ1) is 18.2. The van der Waals surface area contributed by atoms with Crippen molar-refractivity contribution >= 4 is 17.0 Å². The number of benzene rings is 2. The third kappa shape index (κ3) is 5.19. The summed E-state index contributed by atoms with van der Waals surface area (Å²) in [7, 11) is 0. The predicted molar refractivity (Wildman–Crippen MR) is 113 cm³/mol. The normalized spacial score (nSPS) is 15.0. The van der Waals surface area contributed by atoms with Crippen LogP contribution in [-0.2, 0) is 24.4 Å². The van der Waals surface area contributed by atoms with Crippen molar-refractivity contribution in [3.05, 3.63) is 88.1 Å². The molecule has 0 amide bonds. The number of rotatable bonds is 7. The van der Waals surface area contributed by atoms with Crippen LogP contribution >= 0.6 is 11.3 Å². The van der Waals surface area contributed by atoms with Gasteiger partial charge in [0.15, 0.2) is 0 Å². The van der Waals surface area contributed by atoms with E-state index in [1.165, 1.54) is 22.4 Å². The minimum absolute atomic E-state index is 0.849. The molecule has 0 saturated carbocycles. The van der Waals surface area contributed by atoms with E-state index in [4.69, 9.17) is 4.74 Å². The van der Waals surface area contributed by atoms with Crippen molar-refractivity contribution in [2.75, 3.05) is 31.2 Å². The van der Waals surface area contributed by atoms with Gasteiger partial charge in [-0.05, 0) is 45.6 Å². The molecule has 1 fully saturated rings. The maximum absolute atomic E-state index is 5.47. The van der Waals surface area contributed by atoms with Gasteiger partial charge >= 0.3 is 0 Å². The molecular weight excluding hydrogens is 352 g/mol. The highest BCUT2D eigenvalue weighted by Gasteiger charge is 2.12. The quantitative estimate of drug-likeness (QED) is 0.588. The highest BCUT2D eigenvalue weighted by atomic mass is 32.1. The van der Waals surface area contributed by atoms with E-state index in [9.17, 15) is 0 Å². The summed E-state index contributed by atoms with van der Waals surface area (Å²) in [6, 6.07) is 22.0. The fourth-order valence-electron chi connectivity index (χ4n) is 3.54. The molecule has 2 heterocycles. The van der Waals surface area contributed by atoms with E-state index in [1.54, 1.807) is 11.3 Å². The van der Waals surface area contributed by atoms with Gasteiger partial charge in [0.2, 0.25) is 0 Å². The Kier molecular flexibility index (Phi) is 6.20. The maximum atomic E-state index is 5.47. The van der Waals surface area contributed by atoms with Crippen LogP contribution in [0.1, 0.15) is 16.7 Å². The van der Waals surface area contributed by atoms with Crippen LogP contribution in [0.4, 0.5) is 5.69 Å². The molecule has 2 aromatic carbocycles. The smallest absolute Gasteiger partial charge is 0.0594 e. The van der Waals surface area contributed by atoms with Crippen LogP contribution in [0.2, 0.25) is 0 Å². The molecule has 0 atom stereocenters. The van der Waals surface area contributed by atoms with Crippen LogP contribution in [0.15, 0.2) is 71.4 Å². The summed E-state index contributed by atoms with van der Waals surface area (Å²) in [5.41, 5.74) is 5.38. The highest BCUT2D eigenvalue weighted by Crippen LogP contribution is 2.21. The maximum Gasteiger partial charge on any atom is 0.0594 e. The Hall–Kier alpha value is -2.14. The summed E-state index contributed by atoms with van der Waals surface area (Å²) in [6.45, 7) is 6.60. The van der Waals surface area contributed by atoms with Crippen LogP contribution in [0.25, 0.3) is 0 Å². The molecule has 3 aromatic rings. The van der Waals surface area contributed by atoms with Gasteiger partial charge in [-0.15, -0.1) is 0 Å². The van der Waals surface area contributed by atoms with E-state index in [0.29, 0.717) is 0 Å². The first-order valence-electron chi connectivity index (χ1n) is 9.56. The van der Waals surface area contributed by atoms with Crippen molar-refractivity contribution in [1.82, 2.24) is 4.90 Å². The average molecular weight is 379 g/mol. The minimum Gasteiger partial charge on any atom is -0.379 e. The van der Waals surface area contributed by atoms with E-state index in [0.717, 1.165) is 45.9 Å². The summed E-state index contributed by atoms with van der Waals surface area (Å²) in [5, 5.41) is 4.40. The second-order valence-corrected chi connectivity index (χ2v) is 7.81. The highest BCUT2D eigenvalue weighted by molar-refractivity contribution is 7.07. The van der Waals surface area contributed by atoms with Gasteiger partial charge in [0.05, 0.1) is 13.2 Å². The lowest BCUT2D eigenvalue weighted by Gasteiger charge is -2.27. The monoisotopic (exact) mass is 378 g/mol. The van der Waals surface area contributed by atoms with Crippen molar-refractivity contribution in [3.63, 3.8) is 0 Å². The number of nitrogens with zero attached hydrogens (tertiary/aromatic N) is 2. The van der Waals surface area contributed by atoms with Gasteiger partial charge in [-0.1, -0.05) is 42.5 Å². The average Bonchev–Trinajstić information content (AvgIpc) is 3.22. The van der Waals surface area contributed by atoms with E-state index in [-0.39, 0.29) is 0 Å². The Morgan fingerprint density at radius 1 is 0.852 bits per heavy atom. The Balaban J connectivity index is 1.49. The van der Waals surface area contributed by atoms with Crippen LogP contribution < -0.4 is 4.90 Å². The lowest BCUT2D eigenvalue weighted by molar-refractivity contribution is 0.0342. The zero-order valence-corrected chi connectivity index (χ0v) is 16.4. The summed E-state index contributed by atoms with van der Waals surface area (Å²) in [5.74, 6) is 0. The fraction of sp³-hybridized carbons (Fsp3) is 0.304. The standard InChI is InChI=1S/C23H26N2OS/c1-2-7-23(8-3-1)25(18-22-9-14-27-19-22)17-21-6-4-5-20(15-21)16-24-10-12-26-13-11-24/h1-9,14-15,19H,10-13,16-18H2. The van der Waals surface area contributed by atoms with Gasteiger partial charge < -0.3 is 9.64 Å². The largest absolute Gasteiger partial charge is 0.379 e. The molecule has 0 unspecified atom stereocenters. The van der Waals surface area contributed by atoms with E-state index < -0.39 is 0 Å². The van der Waals surface area contributed by atoms with Crippen LogP contribution in [0, 0.1) is 0 Å². The van der Waals surface area contributed by atoms with Crippen molar-refractivity contribution in [2.24, 2.45) is 0 Å². The number of anilines is 1. The molecule has 4 heteroatoms. The van der Waals surface area contributed by atoms with Crippen LogP contribution in [-0.4, -0.2) is 31.2 Å². The topological polar surface area (TPSA) is 15.7 Å². The SMILES string of the molecule is c1ccc(N(Cc2ccsc2)Cc2cccc(CN3CCOCC3)c2)cc1. The van der Waals surface area contributed by atoms with Crippen molar-refractivity contribution in [1.29, 1.82) is 0 Å². The molecule has 1 aliphatic rings. The third-order valence-electron chi connectivity index (χ3n) is 4.95. The second kappa shape index (κ2) is 9.18. The van der Waals surface area contributed by atoms with Gasteiger partial charge in [-0.25, -0.2) is 0 Å². The molecule has 4 rings (SSSR count). The van der Waals surface area contributed by atoms with E-state index in [2.05, 4.69) is 81.2 Å². The van der Waals surface area contributed by atoms with Crippen LogP contribution in [0.3, 0.4) is 0 Å². The van der Waals surface area contributed by atoms with Crippen molar-refractivity contribution in [2.45, 2.75) is 19.6 Å². The molecule has 0 N–H and O–H groups in total. The van der Waals surface area contributed by atoms with E-state index >= 15 is 0 Å². The van der Waals surface area contributed by atoms with Crippen molar-refractivity contribution < 1.29 is 4.74 Å². The Labute approximate surface area is 165 Å². The molecule has 0 radical (unpaired) electrons. The van der Waals surface area contributed by atoms with Gasteiger partial charge in [0.25, 0.3) is 0 Å². The summed E-state index contributed by atoms with van der Waals surface area (Å²) < 4.78 is 5.47. The molecule has 1 aromatic heterocycles. The van der Waals surface area contributed by atoms with Gasteiger partial charge in [-0.3, -0.25) is 4.90 Å². The molecule has 140 valence electrons. The Morgan fingerprint density at radius 3 is 2.41 bits per heavy atom. The lowest BCUT2D eigenvalue weighted by atomic mass is 10.1. The molecule has 0 spiro atoms. The number of para-hydroxylation sites is 1. The summed E-state index contributed by atoms with van der Waals surface area (Å²) >= 11 is 1.76.